The largest absolute Gasteiger partial charge is 0.338 e. The van der Waals surface area contributed by atoms with Gasteiger partial charge in [-0.15, -0.1) is 0 Å². The van der Waals surface area contributed by atoms with Gasteiger partial charge < -0.3 is 10.3 Å². The molecule has 6 nitrogen and oxygen atoms in total. The summed E-state index contributed by atoms with van der Waals surface area (Å²) in [4.78, 5) is 18.3. The minimum atomic E-state index is -0.0754. The molecule has 0 saturated heterocycles. The zero-order chi connectivity index (χ0) is 22.4. The van der Waals surface area contributed by atoms with Crippen LogP contribution in [0.3, 0.4) is 0 Å². The van der Waals surface area contributed by atoms with Crippen LogP contribution >= 0.6 is 0 Å². The second-order valence-electron chi connectivity index (χ2n) is 10.6. The highest BCUT2D eigenvalue weighted by Gasteiger charge is 2.28. The number of hydrogen-bond donors (Lipinski definition) is 2. The van der Waals surface area contributed by atoms with Crippen LogP contribution in [0.1, 0.15) is 75.5 Å². The molecule has 6 heteroatoms. The third-order valence-corrected chi connectivity index (χ3v) is 8.26. The van der Waals surface area contributed by atoms with Crippen LogP contribution in [0, 0.1) is 11.8 Å². The van der Waals surface area contributed by atoms with Crippen molar-refractivity contribution < 1.29 is 0 Å². The van der Waals surface area contributed by atoms with E-state index in [9.17, 15) is 4.79 Å². The average Bonchev–Trinajstić information content (AvgIpc) is 3.54. The van der Waals surface area contributed by atoms with Crippen LogP contribution < -0.4 is 10.9 Å². The van der Waals surface area contributed by atoms with E-state index in [1.54, 1.807) is 6.20 Å². The molecule has 1 aliphatic heterocycles. The summed E-state index contributed by atoms with van der Waals surface area (Å²) >= 11 is 0. The minimum Gasteiger partial charge on any atom is -0.338 e. The third kappa shape index (κ3) is 3.99. The van der Waals surface area contributed by atoms with Gasteiger partial charge in [-0.1, -0.05) is 38.7 Å². The second kappa shape index (κ2) is 8.64. The van der Waals surface area contributed by atoms with E-state index in [0.29, 0.717) is 23.2 Å². The molecule has 0 amide bonds. The smallest absolute Gasteiger partial charge is 0.261 e. The van der Waals surface area contributed by atoms with Crippen LogP contribution in [-0.2, 0) is 13.1 Å². The molecule has 0 unspecified atom stereocenters. The van der Waals surface area contributed by atoms with Crippen molar-refractivity contribution in [1.29, 1.82) is 0 Å². The zero-order valence-corrected chi connectivity index (χ0v) is 19.6. The van der Waals surface area contributed by atoms with Crippen molar-refractivity contribution >= 4 is 22.4 Å². The number of fused-ring (bicyclic) bond motifs is 2. The van der Waals surface area contributed by atoms with Crippen molar-refractivity contribution in [3.05, 3.63) is 51.9 Å². The third-order valence-electron chi connectivity index (χ3n) is 8.26. The lowest BCUT2D eigenvalue weighted by Gasteiger charge is -2.29. The van der Waals surface area contributed by atoms with E-state index in [0.717, 1.165) is 36.6 Å². The molecule has 0 radical (unpaired) electrons. The van der Waals surface area contributed by atoms with Crippen LogP contribution in [0.15, 0.2) is 35.3 Å². The maximum absolute atomic E-state index is 12.8. The molecule has 2 aliphatic carbocycles. The molecule has 2 N–H and O–H groups in total. The maximum Gasteiger partial charge on any atom is 0.261 e. The van der Waals surface area contributed by atoms with Crippen LogP contribution in [0.2, 0.25) is 0 Å². The van der Waals surface area contributed by atoms with Gasteiger partial charge in [-0.2, -0.15) is 5.10 Å². The molecule has 3 aliphatic rings. The van der Waals surface area contributed by atoms with Gasteiger partial charge in [0.25, 0.3) is 5.56 Å². The summed E-state index contributed by atoms with van der Waals surface area (Å²) in [5.41, 5.74) is 4.71. The van der Waals surface area contributed by atoms with Crippen molar-refractivity contribution in [3.8, 4) is 0 Å². The molecule has 1 aromatic carbocycles. The highest BCUT2D eigenvalue weighted by atomic mass is 16.1. The maximum atomic E-state index is 12.8. The number of H-pyrrole nitrogens is 1. The van der Waals surface area contributed by atoms with Gasteiger partial charge in [0.15, 0.2) is 5.82 Å². The molecule has 33 heavy (non-hydrogen) atoms. The monoisotopic (exact) mass is 445 g/mol. The van der Waals surface area contributed by atoms with Gasteiger partial charge >= 0.3 is 0 Å². The number of anilines is 2. The predicted molar refractivity (Wildman–Crippen MR) is 133 cm³/mol. The fourth-order valence-corrected chi connectivity index (χ4v) is 6.47. The number of aromatic nitrogens is 3. The van der Waals surface area contributed by atoms with E-state index >= 15 is 0 Å². The van der Waals surface area contributed by atoms with E-state index < -0.39 is 0 Å². The number of aromatic amines is 1. The Hall–Kier alpha value is -2.60. The summed E-state index contributed by atoms with van der Waals surface area (Å²) in [6, 6.07) is 9.00. The van der Waals surface area contributed by atoms with E-state index in [-0.39, 0.29) is 5.56 Å². The van der Waals surface area contributed by atoms with Crippen LogP contribution in [0.5, 0.6) is 0 Å². The van der Waals surface area contributed by atoms with Crippen LogP contribution in [0.25, 0.3) is 10.9 Å². The Morgan fingerprint density at radius 2 is 1.82 bits per heavy atom. The van der Waals surface area contributed by atoms with Crippen LogP contribution in [-0.4, -0.2) is 26.2 Å². The van der Waals surface area contributed by atoms with Gasteiger partial charge in [0.05, 0.1) is 11.6 Å². The first-order chi connectivity index (χ1) is 16.2. The highest BCUT2D eigenvalue weighted by Crippen LogP contribution is 2.37. The molecule has 6 rings (SSSR count). The molecule has 2 atom stereocenters. The first-order valence-electron chi connectivity index (χ1n) is 12.9. The Morgan fingerprint density at radius 1 is 1.03 bits per heavy atom. The number of hydrogen-bond acceptors (Lipinski definition) is 4. The second-order valence-corrected chi connectivity index (χ2v) is 10.6. The Morgan fingerprint density at radius 3 is 2.67 bits per heavy atom. The van der Waals surface area contributed by atoms with Gasteiger partial charge in [-0.3, -0.25) is 14.4 Å². The first kappa shape index (κ1) is 21.0. The van der Waals surface area contributed by atoms with Gasteiger partial charge in [0.1, 0.15) is 5.39 Å². The SMILES string of the molecule is C[C@H]1CCCC[C@@H]1n1nc(Nc2ccc3c(c2)CN(CC2CCCC2)C3)c2c(=O)[nH]ccc21. The number of nitrogens with one attached hydrogen (secondary N) is 2. The average molecular weight is 446 g/mol. The standard InChI is InChI=1S/C27H35N5O/c1-18-6-2-5-9-23(18)32-24-12-13-28-27(33)25(24)26(30-32)29-22-11-10-20-16-31(17-21(20)14-22)15-19-7-3-4-8-19/h10-14,18-19,23H,2-9,15-17H2,1H3,(H,28,33)(H,29,30)/t18-,23-/m0/s1. The van der Waals surface area contributed by atoms with Gasteiger partial charge in [-0.05, 0) is 66.8 Å². The molecule has 3 heterocycles. The van der Waals surface area contributed by atoms with E-state index in [2.05, 4.69) is 45.0 Å². The summed E-state index contributed by atoms with van der Waals surface area (Å²) < 4.78 is 2.12. The molecule has 2 fully saturated rings. The van der Waals surface area contributed by atoms with Crippen molar-refractivity contribution in [3.63, 3.8) is 0 Å². The topological polar surface area (TPSA) is 66.0 Å². The molecule has 2 aromatic heterocycles. The predicted octanol–water partition coefficient (Wildman–Crippen LogP) is 5.73. The molecular formula is C27H35N5O. The molecule has 2 saturated carbocycles. The Bertz CT molecular complexity index is 1200. The van der Waals surface area contributed by atoms with E-state index in [1.807, 2.05) is 6.07 Å². The summed E-state index contributed by atoms with van der Waals surface area (Å²) in [7, 11) is 0. The molecule has 174 valence electrons. The quantitative estimate of drug-likeness (QED) is 0.527. The normalized spacial score (nSPS) is 23.9. The van der Waals surface area contributed by atoms with Crippen LogP contribution in [0.4, 0.5) is 11.5 Å². The van der Waals surface area contributed by atoms with E-state index in [4.69, 9.17) is 5.10 Å². The zero-order valence-electron chi connectivity index (χ0n) is 19.6. The van der Waals surface area contributed by atoms with Gasteiger partial charge in [0.2, 0.25) is 0 Å². The summed E-state index contributed by atoms with van der Waals surface area (Å²) in [6.45, 7) is 5.62. The lowest BCUT2D eigenvalue weighted by atomic mass is 9.86. The highest BCUT2D eigenvalue weighted by molar-refractivity contribution is 5.91. The first-order valence-corrected chi connectivity index (χ1v) is 12.9. The Balaban J connectivity index is 1.27. The van der Waals surface area contributed by atoms with E-state index in [1.165, 1.54) is 62.6 Å². The fourth-order valence-electron chi connectivity index (χ4n) is 6.47. The minimum absolute atomic E-state index is 0.0754. The molecule has 0 bridgehead atoms. The molecule has 0 spiro atoms. The lowest BCUT2D eigenvalue weighted by Crippen LogP contribution is -2.23. The Kier molecular flexibility index (Phi) is 5.49. The lowest BCUT2D eigenvalue weighted by molar-refractivity contribution is 0.237. The molecule has 3 aromatic rings. The molecular weight excluding hydrogens is 410 g/mol. The van der Waals surface area contributed by atoms with Crippen molar-refractivity contribution in [2.45, 2.75) is 77.4 Å². The number of benzene rings is 1. The fraction of sp³-hybridized carbons (Fsp3) is 0.556. The van der Waals surface area contributed by atoms with Crippen molar-refractivity contribution in [1.82, 2.24) is 19.7 Å². The summed E-state index contributed by atoms with van der Waals surface area (Å²) in [5, 5.41) is 9.15. The van der Waals surface area contributed by atoms with Crippen molar-refractivity contribution in [2.75, 3.05) is 11.9 Å². The number of pyridine rings is 1. The Labute approximate surface area is 195 Å². The summed E-state index contributed by atoms with van der Waals surface area (Å²) in [6.07, 6.45) is 12.2. The summed E-state index contributed by atoms with van der Waals surface area (Å²) in [5.74, 6) is 2.12. The van der Waals surface area contributed by atoms with Crippen molar-refractivity contribution in [2.24, 2.45) is 11.8 Å². The van der Waals surface area contributed by atoms with Gasteiger partial charge in [-0.25, -0.2) is 0 Å². The number of nitrogens with zero attached hydrogens (tertiary/aromatic N) is 3. The van der Waals surface area contributed by atoms with Gasteiger partial charge in [0, 0.05) is 31.5 Å². The number of rotatable bonds is 5.